The van der Waals surface area contributed by atoms with Crippen molar-refractivity contribution in [2.24, 2.45) is 0 Å². The lowest BCUT2D eigenvalue weighted by molar-refractivity contribution is 0.514. The molecule has 0 aliphatic carbocycles. The molecule has 4 aromatic rings. The minimum absolute atomic E-state index is 0.370. The van der Waals surface area contributed by atoms with Crippen LogP contribution in [0.1, 0.15) is 5.76 Å². The largest absolute Gasteiger partial charge is 0.469 e. The number of rotatable bonds is 5. The SMILES string of the molecule is Cc1occc1-c1nnc(SCCn2c(=O)oc3ccccc32)n1N. The molecule has 9 heteroatoms. The molecule has 0 spiro atoms. The Labute approximate surface area is 146 Å². The Morgan fingerprint density at radius 3 is 2.88 bits per heavy atom. The molecule has 0 bridgehead atoms. The van der Waals surface area contributed by atoms with E-state index in [1.165, 1.54) is 16.4 Å². The number of nitrogens with two attached hydrogens (primary N) is 1. The Morgan fingerprint density at radius 1 is 1.24 bits per heavy atom. The molecule has 0 radical (unpaired) electrons. The van der Waals surface area contributed by atoms with E-state index in [1.54, 1.807) is 23.0 Å². The van der Waals surface area contributed by atoms with E-state index >= 15 is 0 Å². The average molecular weight is 357 g/mol. The van der Waals surface area contributed by atoms with Crippen molar-refractivity contribution in [1.82, 2.24) is 19.4 Å². The predicted molar refractivity (Wildman–Crippen MR) is 93.8 cm³/mol. The summed E-state index contributed by atoms with van der Waals surface area (Å²) < 4.78 is 13.5. The molecule has 1 aromatic carbocycles. The topological polar surface area (TPSA) is 105 Å². The number of oxazole rings is 1. The highest BCUT2D eigenvalue weighted by Crippen LogP contribution is 2.25. The van der Waals surface area contributed by atoms with Gasteiger partial charge in [-0.05, 0) is 25.1 Å². The molecule has 0 aliphatic rings. The fraction of sp³-hybridized carbons (Fsp3) is 0.188. The van der Waals surface area contributed by atoms with Gasteiger partial charge in [0.1, 0.15) is 5.76 Å². The zero-order valence-corrected chi connectivity index (χ0v) is 14.2. The molecular weight excluding hydrogens is 342 g/mol. The van der Waals surface area contributed by atoms with E-state index in [0.29, 0.717) is 28.9 Å². The lowest BCUT2D eigenvalue weighted by Crippen LogP contribution is -2.16. The van der Waals surface area contributed by atoms with Gasteiger partial charge in [0, 0.05) is 12.3 Å². The molecule has 0 atom stereocenters. The van der Waals surface area contributed by atoms with Gasteiger partial charge >= 0.3 is 5.76 Å². The van der Waals surface area contributed by atoms with Crippen LogP contribution in [0.15, 0.2) is 55.4 Å². The van der Waals surface area contributed by atoms with Crippen molar-refractivity contribution in [1.29, 1.82) is 0 Å². The van der Waals surface area contributed by atoms with Crippen molar-refractivity contribution in [2.75, 3.05) is 11.6 Å². The van der Waals surface area contributed by atoms with Crippen LogP contribution in [0.3, 0.4) is 0 Å². The van der Waals surface area contributed by atoms with E-state index in [4.69, 9.17) is 14.7 Å². The third-order valence-electron chi connectivity index (χ3n) is 3.88. The number of aryl methyl sites for hydroxylation is 2. The number of nitrogen functional groups attached to an aromatic ring is 1. The minimum Gasteiger partial charge on any atom is -0.469 e. The molecule has 0 fully saturated rings. The molecule has 0 amide bonds. The Balaban J connectivity index is 1.51. The zero-order valence-electron chi connectivity index (χ0n) is 13.4. The van der Waals surface area contributed by atoms with Crippen molar-refractivity contribution < 1.29 is 8.83 Å². The number of hydrogen-bond donors (Lipinski definition) is 1. The maximum atomic E-state index is 12.0. The predicted octanol–water partition coefficient (Wildman–Crippen LogP) is 2.26. The van der Waals surface area contributed by atoms with Gasteiger partial charge in [-0.1, -0.05) is 23.9 Å². The van der Waals surface area contributed by atoms with E-state index < -0.39 is 0 Å². The summed E-state index contributed by atoms with van der Waals surface area (Å²) >= 11 is 1.42. The van der Waals surface area contributed by atoms with Gasteiger partial charge in [-0.2, -0.15) is 0 Å². The molecule has 128 valence electrons. The first-order valence-electron chi connectivity index (χ1n) is 7.61. The Kier molecular flexibility index (Phi) is 3.85. The molecule has 2 N–H and O–H groups in total. The van der Waals surface area contributed by atoms with Crippen LogP contribution in [0.4, 0.5) is 0 Å². The minimum atomic E-state index is -0.370. The fourth-order valence-electron chi connectivity index (χ4n) is 2.63. The van der Waals surface area contributed by atoms with E-state index in [9.17, 15) is 4.79 Å². The number of thioether (sulfide) groups is 1. The van der Waals surface area contributed by atoms with Crippen LogP contribution in [0, 0.1) is 6.92 Å². The number of fused-ring (bicyclic) bond motifs is 1. The first-order chi connectivity index (χ1) is 12.1. The number of benzene rings is 1. The number of aromatic nitrogens is 4. The second kappa shape index (κ2) is 6.17. The molecule has 0 unspecified atom stereocenters. The lowest BCUT2D eigenvalue weighted by atomic mass is 10.2. The number of nitrogens with zero attached hydrogens (tertiary/aromatic N) is 4. The molecule has 4 rings (SSSR count). The van der Waals surface area contributed by atoms with Crippen LogP contribution in [0.5, 0.6) is 0 Å². The van der Waals surface area contributed by atoms with Crippen LogP contribution in [0.25, 0.3) is 22.5 Å². The summed E-state index contributed by atoms with van der Waals surface area (Å²) in [6.07, 6.45) is 1.59. The Morgan fingerprint density at radius 2 is 2.08 bits per heavy atom. The van der Waals surface area contributed by atoms with Crippen molar-refractivity contribution in [3.63, 3.8) is 0 Å². The molecule has 0 saturated heterocycles. The Bertz CT molecular complexity index is 1090. The Hall–Kier alpha value is -2.94. The summed E-state index contributed by atoms with van der Waals surface area (Å²) in [5.74, 6) is 7.59. The summed E-state index contributed by atoms with van der Waals surface area (Å²) in [7, 11) is 0. The number of furan rings is 1. The van der Waals surface area contributed by atoms with Crippen LogP contribution >= 0.6 is 11.8 Å². The normalized spacial score (nSPS) is 11.4. The molecule has 25 heavy (non-hydrogen) atoms. The van der Waals surface area contributed by atoms with Gasteiger partial charge in [0.2, 0.25) is 5.16 Å². The first-order valence-corrected chi connectivity index (χ1v) is 8.60. The zero-order chi connectivity index (χ0) is 17.4. The standard InChI is InChI=1S/C16H15N5O3S/c1-10-11(6-8-23-10)14-18-19-15(21(14)17)25-9-7-20-12-4-2-3-5-13(12)24-16(20)22/h2-6,8H,7,9,17H2,1H3. The van der Waals surface area contributed by atoms with Crippen molar-refractivity contribution in [3.8, 4) is 11.4 Å². The fourth-order valence-corrected chi connectivity index (χ4v) is 3.41. The van der Waals surface area contributed by atoms with Gasteiger partial charge < -0.3 is 14.7 Å². The molecule has 0 saturated carbocycles. The average Bonchev–Trinajstić information content (AvgIpc) is 3.26. The van der Waals surface area contributed by atoms with Gasteiger partial charge in [-0.15, -0.1) is 10.2 Å². The third-order valence-corrected chi connectivity index (χ3v) is 4.81. The first kappa shape index (κ1) is 15.6. The van der Waals surface area contributed by atoms with Gasteiger partial charge in [0.15, 0.2) is 11.4 Å². The van der Waals surface area contributed by atoms with Crippen LogP contribution in [-0.4, -0.2) is 25.2 Å². The maximum absolute atomic E-state index is 12.0. The van der Waals surface area contributed by atoms with E-state index in [2.05, 4.69) is 10.2 Å². The highest BCUT2D eigenvalue weighted by atomic mass is 32.2. The third kappa shape index (κ3) is 2.72. The second-order valence-electron chi connectivity index (χ2n) is 5.40. The second-order valence-corrected chi connectivity index (χ2v) is 6.46. The summed E-state index contributed by atoms with van der Waals surface area (Å²) in [6.45, 7) is 2.32. The summed E-state index contributed by atoms with van der Waals surface area (Å²) in [6, 6.07) is 9.14. The van der Waals surface area contributed by atoms with Crippen LogP contribution in [0.2, 0.25) is 0 Å². The highest BCUT2D eigenvalue weighted by Gasteiger charge is 2.16. The highest BCUT2D eigenvalue weighted by molar-refractivity contribution is 7.99. The quantitative estimate of drug-likeness (QED) is 0.431. The summed E-state index contributed by atoms with van der Waals surface area (Å²) in [5, 5.41) is 8.80. The van der Waals surface area contributed by atoms with Crippen molar-refractivity contribution in [3.05, 3.63) is 52.9 Å². The van der Waals surface area contributed by atoms with Crippen molar-refractivity contribution >= 4 is 22.9 Å². The molecule has 8 nitrogen and oxygen atoms in total. The van der Waals surface area contributed by atoms with Gasteiger partial charge in [0.25, 0.3) is 0 Å². The molecule has 3 aromatic heterocycles. The smallest absolute Gasteiger partial charge is 0.419 e. The lowest BCUT2D eigenvalue weighted by Gasteiger charge is -2.04. The van der Waals surface area contributed by atoms with Gasteiger partial charge in [-0.3, -0.25) is 4.57 Å². The van der Waals surface area contributed by atoms with Crippen LogP contribution < -0.4 is 11.6 Å². The summed E-state index contributed by atoms with van der Waals surface area (Å²) in [5.41, 5.74) is 2.16. The number of hydrogen-bond acceptors (Lipinski definition) is 7. The molecule has 0 aliphatic heterocycles. The van der Waals surface area contributed by atoms with E-state index in [1.807, 2.05) is 25.1 Å². The van der Waals surface area contributed by atoms with Gasteiger partial charge in [-0.25, -0.2) is 9.47 Å². The molecule has 3 heterocycles. The summed E-state index contributed by atoms with van der Waals surface area (Å²) in [4.78, 5) is 12.0. The van der Waals surface area contributed by atoms with Crippen LogP contribution in [-0.2, 0) is 6.54 Å². The number of para-hydroxylation sites is 2. The molecular formula is C16H15N5O3S. The van der Waals surface area contributed by atoms with E-state index in [-0.39, 0.29) is 5.76 Å². The van der Waals surface area contributed by atoms with Gasteiger partial charge in [0.05, 0.1) is 17.3 Å². The monoisotopic (exact) mass is 357 g/mol. The van der Waals surface area contributed by atoms with E-state index in [0.717, 1.165) is 16.8 Å². The maximum Gasteiger partial charge on any atom is 0.419 e. The van der Waals surface area contributed by atoms with Crippen molar-refractivity contribution in [2.45, 2.75) is 18.6 Å².